The molecule has 5 aliphatic rings. The summed E-state index contributed by atoms with van der Waals surface area (Å²) >= 11 is 0. The minimum absolute atomic E-state index is 0.0485. The molecule has 4 nitrogen and oxygen atoms in total. The Kier molecular flexibility index (Phi) is 6.50. The molecule has 0 amide bonds. The van der Waals surface area contributed by atoms with Gasteiger partial charge in [0.1, 0.15) is 11.7 Å². The summed E-state index contributed by atoms with van der Waals surface area (Å²) in [6.45, 7) is 13.5. The number of ether oxygens (including phenoxy) is 2. The van der Waals surface area contributed by atoms with Crippen LogP contribution in [0.2, 0.25) is 0 Å². The van der Waals surface area contributed by atoms with E-state index in [-0.39, 0.29) is 17.7 Å². The number of esters is 1. The Morgan fingerprint density at radius 1 is 1.00 bits per heavy atom. The van der Waals surface area contributed by atoms with Gasteiger partial charge in [-0.25, -0.2) is 0 Å². The van der Waals surface area contributed by atoms with Crippen molar-refractivity contribution in [1.82, 2.24) is 0 Å². The first-order valence-electron chi connectivity index (χ1n) is 14.8. The number of Topliss-reactive ketones (excluding diaryl/α,β-unsaturated/α-hetero) is 1. The summed E-state index contributed by atoms with van der Waals surface area (Å²) in [5.41, 5.74) is 1.25. The molecule has 5 aliphatic carbocycles. The summed E-state index contributed by atoms with van der Waals surface area (Å²) in [5.74, 6) is 3.20. The normalized spacial score (nSPS) is 47.3. The van der Waals surface area contributed by atoms with E-state index in [1.54, 1.807) is 0 Å². The van der Waals surface area contributed by atoms with Crippen molar-refractivity contribution in [2.24, 2.45) is 63.6 Å². The summed E-state index contributed by atoms with van der Waals surface area (Å²) in [7, 11) is 1.97. The molecule has 1 unspecified atom stereocenters. The molecule has 0 aliphatic heterocycles. The van der Waals surface area contributed by atoms with E-state index < -0.39 is 5.92 Å². The molecule has 0 bridgehead atoms. The lowest BCUT2D eigenvalue weighted by molar-refractivity contribution is -0.162. The van der Waals surface area contributed by atoms with Crippen LogP contribution in [-0.4, -0.2) is 31.6 Å². The largest absolute Gasteiger partial charge is 0.465 e. The number of methoxy groups -OCH3 is 1. The summed E-state index contributed by atoms with van der Waals surface area (Å²) in [6.07, 6.45) is 11.8. The highest BCUT2D eigenvalue weighted by Gasteiger charge is 2.77. The van der Waals surface area contributed by atoms with E-state index in [9.17, 15) is 9.59 Å². The van der Waals surface area contributed by atoms with Crippen molar-refractivity contribution < 1.29 is 19.1 Å². The molecule has 11 atom stereocenters. The number of hydrogen-bond acceptors (Lipinski definition) is 4. The highest BCUT2D eigenvalue weighted by atomic mass is 16.5. The molecule has 5 rings (SSSR count). The molecule has 0 saturated heterocycles. The Bertz CT molecular complexity index is 851. The third-order valence-electron chi connectivity index (χ3n) is 12.7. The molecule has 4 heteroatoms. The third-order valence-corrected chi connectivity index (χ3v) is 12.7. The smallest absolute Gasteiger partial charge is 0.316 e. The van der Waals surface area contributed by atoms with Crippen LogP contribution in [0.25, 0.3) is 0 Å². The molecule has 5 saturated carbocycles. The molecular formula is C31H50O4. The summed E-state index contributed by atoms with van der Waals surface area (Å²) in [4.78, 5) is 25.8. The Balaban J connectivity index is 1.36. The van der Waals surface area contributed by atoms with Crippen LogP contribution >= 0.6 is 0 Å². The van der Waals surface area contributed by atoms with E-state index in [1.165, 1.54) is 51.4 Å². The van der Waals surface area contributed by atoms with Crippen LogP contribution in [0.15, 0.2) is 0 Å². The lowest BCUT2D eigenvalue weighted by atomic mass is 9.45. The maximum Gasteiger partial charge on any atom is 0.316 e. The topological polar surface area (TPSA) is 52.6 Å². The minimum Gasteiger partial charge on any atom is -0.465 e. The first-order valence-corrected chi connectivity index (χ1v) is 14.8. The standard InChI is InChI=1S/C31H50O4/c1-8-35-28(33)22(27(32)18(2)3)15-19(4)23-9-10-24-21-16-26(34-7)31-17-20(31)11-14-30(31,6)25(21)12-13-29(23,24)5/h18-26H,8-17H2,1-7H3/t19-,20-,21+,22?,23-,24+,25+,26-,29-,30-,31+/m1/s1. The van der Waals surface area contributed by atoms with E-state index in [4.69, 9.17) is 9.47 Å². The lowest BCUT2D eigenvalue weighted by Gasteiger charge is -2.61. The van der Waals surface area contributed by atoms with E-state index in [0.717, 1.165) is 23.7 Å². The maximum absolute atomic E-state index is 13.0. The van der Waals surface area contributed by atoms with Gasteiger partial charge in [0, 0.05) is 18.4 Å². The van der Waals surface area contributed by atoms with E-state index in [2.05, 4.69) is 20.8 Å². The van der Waals surface area contributed by atoms with Gasteiger partial charge >= 0.3 is 5.97 Å². The van der Waals surface area contributed by atoms with E-state index in [0.29, 0.717) is 47.2 Å². The van der Waals surface area contributed by atoms with Crippen LogP contribution in [0.5, 0.6) is 0 Å². The number of hydrogen-bond donors (Lipinski definition) is 0. The van der Waals surface area contributed by atoms with Crippen molar-refractivity contribution in [3.8, 4) is 0 Å². The van der Waals surface area contributed by atoms with Gasteiger partial charge in [-0.3, -0.25) is 9.59 Å². The molecule has 0 aromatic carbocycles. The summed E-state index contributed by atoms with van der Waals surface area (Å²) in [5, 5.41) is 0. The Morgan fingerprint density at radius 2 is 1.74 bits per heavy atom. The lowest BCUT2D eigenvalue weighted by Crippen LogP contribution is -2.57. The second kappa shape index (κ2) is 8.84. The maximum atomic E-state index is 13.0. The fourth-order valence-electron chi connectivity index (χ4n) is 11.1. The van der Waals surface area contributed by atoms with Gasteiger partial charge in [0.15, 0.2) is 0 Å². The molecule has 0 aromatic rings. The molecule has 0 radical (unpaired) electrons. The van der Waals surface area contributed by atoms with Gasteiger partial charge in [-0.2, -0.15) is 0 Å². The Labute approximate surface area is 213 Å². The van der Waals surface area contributed by atoms with Crippen LogP contribution in [0, 0.1) is 63.6 Å². The van der Waals surface area contributed by atoms with Crippen molar-refractivity contribution in [3.63, 3.8) is 0 Å². The number of carbonyl (C=O) groups is 2. The average molecular weight is 487 g/mol. The van der Waals surface area contributed by atoms with Crippen molar-refractivity contribution >= 4 is 11.8 Å². The summed E-state index contributed by atoms with van der Waals surface area (Å²) in [6, 6.07) is 0. The van der Waals surface area contributed by atoms with Crippen LogP contribution < -0.4 is 0 Å². The third kappa shape index (κ3) is 3.54. The van der Waals surface area contributed by atoms with Crippen molar-refractivity contribution in [2.75, 3.05) is 13.7 Å². The number of fused-ring (bicyclic) bond motifs is 4. The van der Waals surface area contributed by atoms with Crippen molar-refractivity contribution in [2.45, 2.75) is 105 Å². The predicted molar refractivity (Wildman–Crippen MR) is 138 cm³/mol. The zero-order valence-electron chi connectivity index (χ0n) is 23.4. The molecule has 0 heterocycles. The van der Waals surface area contributed by atoms with Crippen LogP contribution in [0.3, 0.4) is 0 Å². The van der Waals surface area contributed by atoms with Gasteiger partial charge in [0.05, 0.1) is 12.7 Å². The van der Waals surface area contributed by atoms with E-state index >= 15 is 0 Å². The van der Waals surface area contributed by atoms with Crippen molar-refractivity contribution in [1.29, 1.82) is 0 Å². The predicted octanol–water partition coefficient (Wildman–Crippen LogP) is 6.70. The Hall–Kier alpha value is -0.900. The first-order chi connectivity index (χ1) is 16.5. The van der Waals surface area contributed by atoms with Gasteiger partial charge in [-0.05, 0) is 111 Å². The molecule has 35 heavy (non-hydrogen) atoms. The highest BCUT2D eigenvalue weighted by molar-refractivity contribution is 5.99. The number of rotatable bonds is 8. The fourth-order valence-corrected chi connectivity index (χ4v) is 11.1. The summed E-state index contributed by atoms with van der Waals surface area (Å²) < 4.78 is 11.6. The fraction of sp³-hybridized carbons (Fsp3) is 0.935. The molecule has 5 fully saturated rings. The van der Waals surface area contributed by atoms with Gasteiger partial charge in [0.25, 0.3) is 0 Å². The minimum atomic E-state index is -0.611. The highest BCUT2D eigenvalue weighted by Crippen LogP contribution is 2.82. The molecule has 1 spiro atoms. The van der Waals surface area contributed by atoms with Crippen LogP contribution in [-0.2, 0) is 19.1 Å². The van der Waals surface area contributed by atoms with Crippen molar-refractivity contribution in [3.05, 3.63) is 0 Å². The SMILES string of the molecule is CCOC(=O)C(C[C@@H](C)[C@H]1CC[C@H]2[C@@H]3C[C@@H](OC)[C@]45C[C@H]4CC[C@]5(C)[C@H]3CC[C@]12C)C(=O)C(C)C. The second-order valence-corrected chi connectivity index (χ2v) is 14.0. The molecule has 198 valence electrons. The van der Waals surface area contributed by atoms with E-state index in [1.807, 2.05) is 27.9 Å². The van der Waals surface area contributed by atoms with Crippen LogP contribution in [0.1, 0.15) is 99.3 Å². The second-order valence-electron chi connectivity index (χ2n) is 14.0. The van der Waals surface area contributed by atoms with Gasteiger partial charge in [-0.15, -0.1) is 0 Å². The molecule has 0 aromatic heterocycles. The Morgan fingerprint density at radius 3 is 2.37 bits per heavy atom. The monoisotopic (exact) mass is 486 g/mol. The van der Waals surface area contributed by atoms with Gasteiger partial charge in [0.2, 0.25) is 0 Å². The number of ketones is 1. The zero-order chi connectivity index (χ0) is 25.3. The molecular weight excluding hydrogens is 436 g/mol. The zero-order valence-corrected chi connectivity index (χ0v) is 23.4. The first kappa shape index (κ1) is 25.7. The quantitative estimate of drug-likeness (QED) is 0.283. The number of carbonyl (C=O) groups excluding carboxylic acids is 2. The van der Waals surface area contributed by atoms with Crippen LogP contribution in [0.4, 0.5) is 0 Å². The average Bonchev–Trinajstić information content (AvgIpc) is 3.32. The molecule has 0 N–H and O–H groups in total. The van der Waals surface area contributed by atoms with Gasteiger partial charge in [-0.1, -0.05) is 34.6 Å². The van der Waals surface area contributed by atoms with Gasteiger partial charge < -0.3 is 9.47 Å².